The molecule has 1 N–H and O–H groups in total. The summed E-state index contributed by atoms with van der Waals surface area (Å²) in [6.07, 6.45) is 3.83. The lowest BCUT2D eigenvalue weighted by atomic mass is 10.2. The number of hydrogen-bond donors (Lipinski definition) is 1. The standard InChI is InChI=1S/C16H23N3S/c1-2-20-16-8-5-7-15(14(16)13-17)18-9-6-12-19-10-3-4-11-19/h5,7-8,18H,2-4,6,9-12H2,1H3. The van der Waals surface area contributed by atoms with E-state index in [0.29, 0.717) is 0 Å². The smallest absolute Gasteiger partial charge is 0.102 e. The molecule has 1 aliphatic heterocycles. The van der Waals surface area contributed by atoms with E-state index in [2.05, 4.69) is 23.2 Å². The quantitative estimate of drug-likeness (QED) is 0.615. The minimum Gasteiger partial charge on any atom is -0.384 e. The Morgan fingerprint density at radius 2 is 2.15 bits per heavy atom. The highest BCUT2D eigenvalue weighted by atomic mass is 32.2. The van der Waals surface area contributed by atoms with Gasteiger partial charge in [-0.15, -0.1) is 11.8 Å². The van der Waals surface area contributed by atoms with Gasteiger partial charge in [0.2, 0.25) is 0 Å². The number of anilines is 1. The lowest BCUT2D eigenvalue weighted by Crippen LogP contribution is -2.22. The lowest BCUT2D eigenvalue weighted by molar-refractivity contribution is 0.337. The van der Waals surface area contributed by atoms with Crippen LogP contribution in [0.15, 0.2) is 23.1 Å². The first kappa shape index (κ1) is 15.2. The van der Waals surface area contributed by atoms with Crippen LogP contribution in [-0.2, 0) is 0 Å². The Hall–Kier alpha value is -1.18. The molecule has 0 bridgehead atoms. The fraction of sp³-hybridized carbons (Fsp3) is 0.562. The predicted molar refractivity (Wildman–Crippen MR) is 86.3 cm³/mol. The molecule has 0 aliphatic carbocycles. The summed E-state index contributed by atoms with van der Waals surface area (Å²) in [4.78, 5) is 3.61. The van der Waals surface area contributed by atoms with Gasteiger partial charge in [0.05, 0.1) is 11.3 Å². The zero-order valence-electron chi connectivity index (χ0n) is 12.2. The van der Waals surface area contributed by atoms with Gasteiger partial charge >= 0.3 is 0 Å². The van der Waals surface area contributed by atoms with Crippen molar-refractivity contribution >= 4 is 17.4 Å². The summed E-state index contributed by atoms with van der Waals surface area (Å²) >= 11 is 1.73. The van der Waals surface area contributed by atoms with E-state index < -0.39 is 0 Å². The molecule has 0 unspecified atom stereocenters. The van der Waals surface area contributed by atoms with E-state index >= 15 is 0 Å². The zero-order valence-corrected chi connectivity index (χ0v) is 13.0. The van der Waals surface area contributed by atoms with Crippen LogP contribution in [0.25, 0.3) is 0 Å². The molecular weight excluding hydrogens is 266 g/mol. The third-order valence-electron chi connectivity index (χ3n) is 3.60. The summed E-state index contributed by atoms with van der Waals surface area (Å²) in [6.45, 7) is 6.73. The van der Waals surface area contributed by atoms with E-state index in [1.807, 2.05) is 18.2 Å². The van der Waals surface area contributed by atoms with Gasteiger partial charge in [0, 0.05) is 11.4 Å². The van der Waals surface area contributed by atoms with Gasteiger partial charge in [0.15, 0.2) is 0 Å². The third-order valence-corrected chi connectivity index (χ3v) is 4.54. The fourth-order valence-electron chi connectivity index (χ4n) is 2.60. The van der Waals surface area contributed by atoms with Crippen molar-refractivity contribution in [3.05, 3.63) is 23.8 Å². The Kier molecular flexibility index (Phi) is 6.23. The van der Waals surface area contributed by atoms with Gasteiger partial charge in [-0.05, 0) is 56.8 Å². The molecule has 0 radical (unpaired) electrons. The number of rotatable bonds is 7. The van der Waals surface area contributed by atoms with Crippen LogP contribution in [0, 0.1) is 11.3 Å². The number of nitrogens with zero attached hydrogens (tertiary/aromatic N) is 2. The number of thioether (sulfide) groups is 1. The maximum atomic E-state index is 9.34. The van der Waals surface area contributed by atoms with E-state index in [-0.39, 0.29) is 0 Å². The summed E-state index contributed by atoms with van der Waals surface area (Å²) in [6, 6.07) is 8.40. The van der Waals surface area contributed by atoms with Crippen LogP contribution in [0.3, 0.4) is 0 Å². The average molecular weight is 289 g/mol. The molecule has 4 heteroatoms. The average Bonchev–Trinajstić information content (AvgIpc) is 2.97. The summed E-state index contributed by atoms with van der Waals surface area (Å²) in [5, 5.41) is 12.8. The number of likely N-dealkylation sites (tertiary alicyclic amines) is 1. The van der Waals surface area contributed by atoms with Crippen LogP contribution in [-0.4, -0.2) is 36.8 Å². The molecule has 1 aromatic carbocycles. The van der Waals surface area contributed by atoms with E-state index in [9.17, 15) is 5.26 Å². The van der Waals surface area contributed by atoms with Crippen LogP contribution in [0.2, 0.25) is 0 Å². The Labute approximate surface area is 126 Å². The second-order valence-corrected chi connectivity index (χ2v) is 6.36. The fourth-order valence-corrected chi connectivity index (χ4v) is 3.39. The molecule has 1 aliphatic rings. The molecule has 108 valence electrons. The molecular formula is C16H23N3S. The van der Waals surface area contributed by atoms with Crippen LogP contribution >= 0.6 is 11.8 Å². The normalized spacial score (nSPS) is 15.2. The molecule has 20 heavy (non-hydrogen) atoms. The van der Waals surface area contributed by atoms with Crippen LogP contribution in [0.5, 0.6) is 0 Å². The van der Waals surface area contributed by atoms with Crippen LogP contribution in [0.1, 0.15) is 31.7 Å². The van der Waals surface area contributed by atoms with Crippen molar-refractivity contribution in [1.82, 2.24) is 4.90 Å². The largest absolute Gasteiger partial charge is 0.384 e. The van der Waals surface area contributed by atoms with Gasteiger partial charge in [-0.25, -0.2) is 0 Å². The maximum Gasteiger partial charge on any atom is 0.102 e. The summed E-state index contributed by atoms with van der Waals surface area (Å²) in [5.74, 6) is 0.993. The van der Waals surface area contributed by atoms with Crippen molar-refractivity contribution in [3.63, 3.8) is 0 Å². The van der Waals surface area contributed by atoms with Gasteiger partial charge in [-0.1, -0.05) is 13.0 Å². The van der Waals surface area contributed by atoms with Crippen molar-refractivity contribution < 1.29 is 0 Å². The van der Waals surface area contributed by atoms with Gasteiger partial charge in [-0.2, -0.15) is 5.26 Å². The highest BCUT2D eigenvalue weighted by Crippen LogP contribution is 2.27. The van der Waals surface area contributed by atoms with Gasteiger partial charge in [0.25, 0.3) is 0 Å². The van der Waals surface area contributed by atoms with Crippen LogP contribution < -0.4 is 5.32 Å². The molecule has 0 amide bonds. The molecule has 3 nitrogen and oxygen atoms in total. The molecule has 1 aromatic rings. The highest BCUT2D eigenvalue weighted by Gasteiger charge is 2.11. The number of nitrogens with one attached hydrogen (secondary N) is 1. The summed E-state index contributed by atoms with van der Waals surface area (Å²) in [5.41, 5.74) is 1.77. The molecule has 2 rings (SSSR count). The van der Waals surface area contributed by atoms with E-state index in [0.717, 1.165) is 41.4 Å². The first-order valence-electron chi connectivity index (χ1n) is 7.47. The molecule has 1 saturated heterocycles. The number of hydrogen-bond acceptors (Lipinski definition) is 4. The summed E-state index contributed by atoms with van der Waals surface area (Å²) < 4.78 is 0. The number of benzene rings is 1. The van der Waals surface area contributed by atoms with Gasteiger partial charge in [-0.3, -0.25) is 0 Å². The van der Waals surface area contributed by atoms with Crippen molar-refractivity contribution in [2.75, 3.05) is 37.2 Å². The van der Waals surface area contributed by atoms with Gasteiger partial charge in [0.1, 0.15) is 6.07 Å². The molecule has 0 saturated carbocycles. The van der Waals surface area contributed by atoms with E-state index in [1.165, 1.54) is 25.9 Å². The molecule has 0 aromatic heterocycles. The minimum atomic E-state index is 0.792. The SMILES string of the molecule is CCSc1cccc(NCCCN2CCCC2)c1C#N. The van der Waals surface area contributed by atoms with E-state index in [4.69, 9.17) is 0 Å². The van der Waals surface area contributed by atoms with E-state index in [1.54, 1.807) is 11.8 Å². The van der Waals surface area contributed by atoms with Gasteiger partial charge < -0.3 is 10.2 Å². The predicted octanol–water partition coefficient (Wildman–Crippen LogP) is 3.57. The minimum absolute atomic E-state index is 0.792. The third kappa shape index (κ3) is 4.16. The topological polar surface area (TPSA) is 39.1 Å². The second kappa shape index (κ2) is 8.18. The summed E-state index contributed by atoms with van der Waals surface area (Å²) in [7, 11) is 0. The maximum absolute atomic E-state index is 9.34. The molecule has 0 spiro atoms. The molecule has 1 fully saturated rings. The highest BCUT2D eigenvalue weighted by molar-refractivity contribution is 7.99. The van der Waals surface area contributed by atoms with Crippen molar-refractivity contribution in [1.29, 1.82) is 5.26 Å². The molecule has 0 atom stereocenters. The van der Waals surface area contributed by atoms with Crippen molar-refractivity contribution in [3.8, 4) is 6.07 Å². The lowest BCUT2D eigenvalue weighted by Gasteiger charge is -2.15. The Bertz CT molecular complexity index is 461. The zero-order chi connectivity index (χ0) is 14.2. The first-order chi connectivity index (χ1) is 9.85. The molecule has 1 heterocycles. The number of nitriles is 1. The Morgan fingerprint density at radius 1 is 1.35 bits per heavy atom. The first-order valence-corrected chi connectivity index (χ1v) is 8.46. The Morgan fingerprint density at radius 3 is 2.85 bits per heavy atom. The van der Waals surface area contributed by atoms with Crippen molar-refractivity contribution in [2.24, 2.45) is 0 Å². The van der Waals surface area contributed by atoms with Crippen molar-refractivity contribution in [2.45, 2.75) is 31.1 Å². The second-order valence-electron chi connectivity index (χ2n) is 5.05. The van der Waals surface area contributed by atoms with Crippen LogP contribution in [0.4, 0.5) is 5.69 Å². The Balaban J connectivity index is 1.85. The monoisotopic (exact) mass is 289 g/mol.